The van der Waals surface area contributed by atoms with Gasteiger partial charge >= 0.3 is 11.9 Å². The molecule has 7 heteroatoms. The van der Waals surface area contributed by atoms with Gasteiger partial charge in [-0.05, 0) is 6.92 Å². The first-order valence-corrected chi connectivity index (χ1v) is 5.71. The van der Waals surface area contributed by atoms with E-state index in [1.807, 2.05) is 0 Å². The zero-order valence-corrected chi connectivity index (χ0v) is 9.45. The van der Waals surface area contributed by atoms with E-state index in [1.165, 1.54) is 17.8 Å². The summed E-state index contributed by atoms with van der Waals surface area (Å²) in [5.41, 5.74) is -0.133. The van der Waals surface area contributed by atoms with Gasteiger partial charge in [0, 0.05) is 6.07 Å². The first-order chi connectivity index (χ1) is 7.63. The van der Waals surface area contributed by atoms with E-state index in [-0.39, 0.29) is 17.4 Å². The van der Waals surface area contributed by atoms with Crippen LogP contribution >= 0.6 is 11.8 Å². The summed E-state index contributed by atoms with van der Waals surface area (Å²) in [7, 11) is 0. The highest BCUT2D eigenvalue weighted by atomic mass is 32.2. The molecule has 1 aromatic heterocycles. The number of aromatic carboxylic acids is 1. The quantitative estimate of drug-likeness (QED) is 0.752. The van der Waals surface area contributed by atoms with Crippen LogP contribution in [0.5, 0.6) is 0 Å². The topological polar surface area (TPSA) is 89.6 Å². The Hall–Kier alpha value is -1.50. The van der Waals surface area contributed by atoms with Gasteiger partial charge in [0.1, 0.15) is 5.76 Å². The average Bonchev–Trinajstić information content (AvgIpc) is 2.67. The molecule has 0 saturated heterocycles. The van der Waals surface area contributed by atoms with Gasteiger partial charge in [-0.25, -0.2) is 4.79 Å². The van der Waals surface area contributed by atoms with E-state index in [0.717, 1.165) is 0 Å². The van der Waals surface area contributed by atoms with Gasteiger partial charge in [0.25, 0.3) is 0 Å². The van der Waals surface area contributed by atoms with Crippen molar-refractivity contribution in [3.63, 3.8) is 0 Å². The number of hydrogen-bond acceptors (Lipinski definition) is 6. The van der Waals surface area contributed by atoms with Crippen LogP contribution in [0, 0.1) is 0 Å². The summed E-state index contributed by atoms with van der Waals surface area (Å²) in [6.45, 7) is 2.09. The zero-order valence-electron chi connectivity index (χ0n) is 8.63. The molecule has 0 bridgehead atoms. The van der Waals surface area contributed by atoms with Crippen molar-refractivity contribution in [2.45, 2.75) is 12.7 Å². The van der Waals surface area contributed by atoms with Crippen LogP contribution in [0.1, 0.15) is 23.2 Å². The van der Waals surface area contributed by atoms with Crippen LogP contribution in [-0.4, -0.2) is 34.6 Å². The second-order valence-electron chi connectivity index (χ2n) is 2.78. The lowest BCUT2D eigenvalue weighted by Gasteiger charge is -1.99. The fourth-order valence-corrected chi connectivity index (χ4v) is 1.61. The first-order valence-electron chi connectivity index (χ1n) is 4.55. The zero-order chi connectivity index (χ0) is 12.0. The van der Waals surface area contributed by atoms with E-state index in [1.54, 1.807) is 6.92 Å². The van der Waals surface area contributed by atoms with Gasteiger partial charge in [0.2, 0.25) is 0 Å². The summed E-state index contributed by atoms with van der Waals surface area (Å²) in [6, 6.07) is 1.33. The fourth-order valence-electron chi connectivity index (χ4n) is 0.919. The molecular weight excluding hydrogens is 234 g/mol. The molecule has 0 aliphatic heterocycles. The third-order valence-corrected chi connectivity index (χ3v) is 2.48. The Balaban J connectivity index is 2.32. The van der Waals surface area contributed by atoms with Gasteiger partial charge in [0.15, 0.2) is 5.69 Å². The number of aromatic nitrogens is 1. The minimum Gasteiger partial charge on any atom is -0.476 e. The molecular formula is C9H11NO5S. The first kappa shape index (κ1) is 12.6. The maximum Gasteiger partial charge on any atom is 0.358 e. The van der Waals surface area contributed by atoms with E-state index in [2.05, 4.69) is 5.16 Å². The summed E-state index contributed by atoms with van der Waals surface area (Å²) in [5.74, 6) is -0.418. The van der Waals surface area contributed by atoms with E-state index < -0.39 is 5.97 Å². The lowest BCUT2D eigenvalue weighted by molar-refractivity contribution is -0.139. The van der Waals surface area contributed by atoms with Crippen LogP contribution in [0.2, 0.25) is 0 Å². The van der Waals surface area contributed by atoms with Crippen molar-refractivity contribution in [3.8, 4) is 0 Å². The summed E-state index contributed by atoms with van der Waals surface area (Å²) < 4.78 is 9.49. The molecule has 0 atom stereocenters. The molecule has 0 aliphatic rings. The molecule has 16 heavy (non-hydrogen) atoms. The monoisotopic (exact) mass is 245 g/mol. The van der Waals surface area contributed by atoms with Crippen LogP contribution < -0.4 is 0 Å². The number of carboxylic acid groups (broad SMARTS) is 1. The Bertz CT molecular complexity index is 376. The molecule has 1 heterocycles. The molecule has 0 aliphatic carbocycles. The number of esters is 1. The minimum atomic E-state index is -1.13. The predicted molar refractivity (Wildman–Crippen MR) is 56.3 cm³/mol. The molecule has 0 amide bonds. The molecule has 0 unspecified atom stereocenters. The van der Waals surface area contributed by atoms with Crippen molar-refractivity contribution < 1.29 is 24.0 Å². The molecule has 0 saturated carbocycles. The van der Waals surface area contributed by atoms with Crippen LogP contribution in [0.15, 0.2) is 10.6 Å². The number of hydrogen-bond donors (Lipinski definition) is 1. The SMILES string of the molecule is CCOC(=O)CSCc1cc(C(=O)O)no1. The summed E-state index contributed by atoms with van der Waals surface area (Å²) in [6.07, 6.45) is 0. The van der Waals surface area contributed by atoms with Crippen LogP contribution in [0.25, 0.3) is 0 Å². The van der Waals surface area contributed by atoms with Gasteiger partial charge in [-0.1, -0.05) is 5.16 Å². The summed E-state index contributed by atoms with van der Waals surface area (Å²) in [4.78, 5) is 21.4. The predicted octanol–water partition coefficient (Wildman–Crippen LogP) is 1.17. The molecule has 0 fully saturated rings. The van der Waals surface area contributed by atoms with E-state index in [9.17, 15) is 9.59 Å². The minimum absolute atomic E-state index is 0.133. The van der Waals surface area contributed by atoms with Gasteiger partial charge in [0.05, 0.1) is 18.1 Å². The molecule has 6 nitrogen and oxygen atoms in total. The van der Waals surface area contributed by atoms with Crippen LogP contribution in [0.3, 0.4) is 0 Å². The number of thioether (sulfide) groups is 1. The fraction of sp³-hybridized carbons (Fsp3) is 0.444. The van der Waals surface area contributed by atoms with Crippen molar-refractivity contribution >= 4 is 23.7 Å². The molecule has 88 valence electrons. The Labute approximate surface area is 95.9 Å². The number of carboxylic acids is 1. The largest absolute Gasteiger partial charge is 0.476 e. The number of carbonyl (C=O) groups excluding carboxylic acids is 1. The van der Waals surface area contributed by atoms with Crippen LogP contribution in [0.4, 0.5) is 0 Å². The van der Waals surface area contributed by atoms with Crippen molar-refractivity contribution in [1.82, 2.24) is 5.16 Å². The van der Waals surface area contributed by atoms with Gasteiger partial charge in [-0.2, -0.15) is 0 Å². The Morgan fingerprint density at radius 1 is 1.62 bits per heavy atom. The maximum atomic E-state index is 11.0. The second kappa shape index (κ2) is 6.16. The van der Waals surface area contributed by atoms with Crippen molar-refractivity contribution in [2.24, 2.45) is 0 Å². The lowest BCUT2D eigenvalue weighted by Crippen LogP contribution is -2.06. The number of carbonyl (C=O) groups is 2. The van der Waals surface area contributed by atoms with E-state index >= 15 is 0 Å². The van der Waals surface area contributed by atoms with Crippen molar-refractivity contribution in [1.29, 1.82) is 0 Å². The molecule has 0 aromatic carbocycles. The molecule has 1 rings (SSSR count). The molecule has 1 aromatic rings. The Morgan fingerprint density at radius 2 is 2.38 bits per heavy atom. The molecule has 1 N–H and O–H groups in total. The number of rotatable bonds is 6. The highest BCUT2D eigenvalue weighted by molar-refractivity contribution is 7.99. The standard InChI is InChI=1S/C9H11NO5S/c1-2-14-8(11)5-16-4-6-3-7(9(12)13)10-15-6/h3H,2,4-5H2,1H3,(H,12,13). The smallest absolute Gasteiger partial charge is 0.358 e. The lowest BCUT2D eigenvalue weighted by atomic mass is 10.4. The summed E-state index contributed by atoms with van der Waals surface area (Å²) >= 11 is 1.28. The highest BCUT2D eigenvalue weighted by Gasteiger charge is 2.11. The maximum absolute atomic E-state index is 11.0. The third kappa shape index (κ3) is 3.93. The van der Waals surface area contributed by atoms with Crippen molar-refractivity contribution in [3.05, 3.63) is 17.5 Å². The normalized spacial score (nSPS) is 10.1. The molecule has 0 radical (unpaired) electrons. The third-order valence-electron chi connectivity index (χ3n) is 1.55. The average molecular weight is 245 g/mol. The number of ether oxygens (including phenoxy) is 1. The number of nitrogens with zero attached hydrogens (tertiary/aromatic N) is 1. The molecule has 0 spiro atoms. The Morgan fingerprint density at radius 3 is 2.94 bits per heavy atom. The van der Waals surface area contributed by atoms with Crippen LogP contribution in [-0.2, 0) is 15.3 Å². The highest BCUT2D eigenvalue weighted by Crippen LogP contribution is 2.13. The van der Waals surface area contributed by atoms with E-state index in [4.69, 9.17) is 14.4 Å². The van der Waals surface area contributed by atoms with Gasteiger partial charge in [-0.15, -0.1) is 11.8 Å². The Kier molecular flexibility index (Phi) is 4.84. The van der Waals surface area contributed by atoms with Crippen molar-refractivity contribution in [2.75, 3.05) is 12.4 Å². The second-order valence-corrected chi connectivity index (χ2v) is 3.77. The summed E-state index contributed by atoms with van der Waals surface area (Å²) in [5, 5.41) is 11.9. The van der Waals surface area contributed by atoms with E-state index in [0.29, 0.717) is 18.1 Å². The van der Waals surface area contributed by atoms with Gasteiger partial charge < -0.3 is 14.4 Å². The van der Waals surface area contributed by atoms with Gasteiger partial charge in [-0.3, -0.25) is 4.79 Å².